The summed E-state index contributed by atoms with van der Waals surface area (Å²) >= 11 is 0. The highest BCUT2D eigenvalue weighted by Gasteiger charge is 2.18. The molecule has 0 atom stereocenters. The van der Waals surface area contributed by atoms with Gasteiger partial charge in [-0.25, -0.2) is 0 Å². The molecule has 0 aliphatic carbocycles. The zero-order valence-corrected chi connectivity index (χ0v) is 12.9. The van der Waals surface area contributed by atoms with Gasteiger partial charge in [-0.3, -0.25) is 4.79 Å². The molecule has 0 spiro atoms. The fourth-order valence-electron chi connectivity index (χ4n) is 2.41. The normalized spacial score (nSPS) is 14.8. The Morgan fingerprint density at radius 2 is 1.42 bits per heavy atom. The van der Waals surface area contributed by atoms with Gasteiger partial charge in [0.2, 0.25) is 5.91 Å². The maximum Gasteiger partial charge on any atom is 0.219 e. The number of piperazine rings is 1. The summed E-state index contributed by atoms with van der Waals surface area (Å²) in [5.74, 6) is 0.185. The largest absolute Gasteiger partial charge is 0.368 e. The van der Waals surface area contributed by atoms with Crippen LogP contribution in [-0.2, 0) is 4.79 Å². The molecule has 2 rings (SSSR count). The van der Waals surface area contributed by atoms with Crippen molar-refractivity contribution in [3.05, 3.63) is 29.3 Å². The van der Waals surface area contributed by atoms with Gasteiger partial charge in [-0.2, -0.15) is 0 Å². The van der Waals surface area contributed by atoms with Crippen molar-refractivity contribution >= 4 is 11.6 Å². The first-order valence-electron chi connectivity index (χ1n) is 7.15. The van der Waals surface area contributed by atoms with E-state index < -0.39 is 0 Å². The third-order valence-corrected chi connectivity index (χ3v) is 3.30. The lowest BCUT2D eigenvalue weighted by Gasteiger charge is -2.36. The van der Waals surface area contributed by atoms with Gasteiger partial charge in [0.1, 0.15) is 0 Å². The minimum atomic E-state index is 0.185. The molecule has 0 radical (unpaired) electrons. The second-order valence-corrected chi connectivity index (χ2v) is 4.84. The van der Waals surface area contributed by atoms with E-state index in [-0.39, 0.29) is 5.91 Å². The molecule has 19 heavy (non-hydrogen) atoms. The van der Waals surface area contributed by atoms with Gasteiger partial charge >= 0.3 is 0 Å². The maximum atomic E-state index is 11.3. The number of hydrogen-bond donors (Lipinski definition) is 0. The average Bonchev–Trinajstić information content (AvgIpc) is 2.40. The summed E-state index contributed by atoms with van der Waals surface area (Å²) < 4.78 is 0. The van der Waals surface area contributed by atoms with E-state index in [9.17, 15) is 4.79 Å². The molecule has 0 N–H and O–H groups in total. The van der Waals surface area contributed by atoms with Crippen LogP contribution in [0.15, 0.2) is 18.2 Å². The number of anilines is 1. The van der Waals surface area contributed by atoms with Gasteiger partial charge in [-0.05, 0) is 37.1 Å². The van der Waals surface area contributed by atoms with Gasteiger partial charge in [0.25, 0.3) is 0 Å². The summed E-state index contributed by atoms with van der Waals surface area (Å²) in [6, 6.07) is 6.63. The van der Waals surface area contributed by atoms with E-state index in [1.54, 1.807) is 6.92 Å². The van der Waals surface area contributed by atoms with E-state index >= 15 is 0 Å². The molecule has 0 bridgehead atoms. The van der Waals surface area contributed by atoms with Crippen molar-refractivity contribution in [1.29, 1.82) is 0 Å². The van der Waals surface area contributed by atoms with Crippen LogP contribution in [0.2, 0.25) is 0 Å². The quantitative estimate of drug-likeness (QED) is 0.777. The van der Waals surface area contributed by atoms with Crippen LogP contribution in [0.1, 0.15) is 31.9 Å². The van der Waals surface area contributed by atoms with Gasteiger partial charge in [0, 0.05) is 38.8 Å². The minimum Gasteiger partial charge on any atom is -0.368 e. The average molecular weight is 262 g/mol. The lowest BCUT2D eigenvalue weighted by atomic mass is 10.1. The number of aryl methyl sites for hydroxylation is 2. The predicted molar refractivity (Wildman–Crippen MR) is 81.7 cm³/mol. The standard InChI is InChI=1S/C14H20N2O.C2H6/c1-11-8-12(2)10-14(9-11)16-6-4-15(5-7-16)13(3)17;1-2/h8-10H,4-7H2,1-3H3;1-2H3. The third kappa shape index (κ3) is 4.27. The van der Waals surface area contributed by atoms with Crippen LogP contribution in [0, 0.1) is 13.8 Å². The summed E-state index contributed by atoms with van der Waals surface area (Å²) in [4.78, 5) is 15.5. The van der Waals surface area contributed by atoms with Crippen LogP contribution in [0.5, 0.6) is 0 Å². The monoisotopic (exact) mass is 262 g/mol. The molecule has 1 aliphatic heterocycles. The number of nitrogens with zero attached hydrogens (tertiary/aromatic N) is 2. The molecule has 1 saturated heterocycles. The zero-order chi connectivity index (χ0) is 14.4. The summed E-state index contributed by atoms with van der Waals surface area (Å²) in [6.45, 7) is 13.4. The topological polar surface area (TPSA) is 23.6 Å². The SMILES string of the molecule is CC.CC(=O)N1CCN(c2cc(C)cc(C)c2)CC1. The Morgan fingerprint density at radius 1 is 0.947 bits per heavy atom. The fourth-order valence-corrected chi connectivity index (χ4v) is 2.41. The molecule has 1 aromatic carbocycles. The fraction of sp³-hybridized carbons (Fsp3) is 0.562. The van der Waals surface area contributed by atoms with Crippen LogP contribution in [0.3, 0.4) is 0 Å². The highest BCUT2D eigenvalue weighted by molar-refractivity contribution is 5.73. The summed E-state index contributed by atoms with van der Waals surface area (Å²) in [5.41, 5.74) is 3.88. The molecule has 1 fully saturated rings. The number of carbonyl (C=O) groups excluding carboxylic acids is 1. The molecular weight excluding hydrogens is 236 g/mol. The Kier molecular flexibility index (Phi) is 5.87. The predicted octanol–water partition coefficient (Wildman–Crippen LogP) is 3.00. The van der Waals surface area contributed by atoms with Gasteiger partial charge in [-0.15, -0.1) is 0 Å². The highest BCUT2D eigenvalue weighted by Crippen LogP contribution is 2.20. The Hall–Kier alpha value is -1.51. The second-order valence-electron chi connectivity index (χ2n) is 4.84. The lowest BCUT2D eigenvalue weighted by Crippen LogP contribution is -2.48. The lowest BCUT2D eigenvalue weighted by molar-refractivity contribution is -0.129. The van der Waals surface area contributed by atoms with Gasteiger partial charge in [0.15, 0.2) is 0 Å². The Bertz CT molecular complexity index is 401. The molecule has 1 heterocycles. The molecule has 0 unspecified atom stereocenters. The van der Waals surface area contributed by atoms with Crippen LogP contribution < -0.4 is 4.90 Å². The molecule has 1 amide bonds. The maximum absolute atomic E-state index is 11.3. The molecule has 106 valence electrons. The van der Waals surface area contributed by atoms with Crippen molar-refractivity contribution in [1.82, 2.24) is 4.90 Å². The molecule has 0 saturated carbocycles. The van der Waals surface area contributed by atoms with E-state index in [4.69, 9.17) is 0 Å². The molecule has 1 aromatic rings. The molecule has 0 aromatic heterocycles. The van der Waals surface area contributed by atoms with Crippen LogP contribution >= 0.6 is 0 Å². The number of hydrogen-bond acceptors (Lipinski definition) is 2. The minimum absolute atomic E-state index is 0.185. The van der Waals surface area contributed by atoms with Crippen molar-refractivity contribution in [2.75, 3.05) is 31.1 Å². The van der Waals surface area contributed by atoms with E-state index in [1.807, 2.05) is 18.7 Å². The van der Waals surface area contributed by atoms with E-state index in [1.165, 1.54) is 16.8 Å². The van der Waals surface area contributed by atoms with E-state index in [2.05, 4.69) is 36.9 Å². The van der Waals surface area contributed by atoms with Crippen molar-refractivity contribution in [2.45, 2.75) is 34.6 Å². The molecular formula is C16H26N2O. The van der Waals surface area contributed by atoms with E-state index in [0.717, 1.165) is 26.2 Å². The van der Waals surface area contributed by atoms with Gasteiger partial charge < -0.3 is 9.80 Å². The molecule has 1 aliphatic rings. The molecule has 3 heteroatoms. The Balaban J connectivity index is 0.000000861. The highest BCUT2D eigenvalue weighted by atomic mass is 16.2. The number of carbonyl (C=O) groups is 1. The van der Waals surface area contributed by atoms with Crippen molar-refractivity contribution < 1.29 is 4.79 Å². The third-order valence-electron chi connectivity index (χ3n) is 3.30. The zero-order valence-electron chi connectivity index (χ0n) is 12.9. The summed E-state index contributed by atoms with van der Waals surface area (Å²) in [6.07, 6.45) is 0. The van der Waals surface area contributed by atoms with Crippen LogP contribution in [0.25, 0.3) is 0 Å². The van der Waals surface area contributed by atoms with Crippen LogP contribution in [-0.4, -0.2) is 37.0 Å². The number of rotatable bonds is 1. The van der Waals surface area contributed by atoms with Gasteiger partial charge in [-0.1, -0.05) is 19.9 Å². The Morgan fingerprint density at radius 3 is 1.84 bits per heavy atom. The van der Waals surface area contributed by atoms with Crippen molar-refractivity contribution in [3.8, 4) is 0 Å². The van der Waals surface area contributed by atoms with Crippen molar-refractivity contribution in [2.24, 2.45) is 0 Å². The Labute approximate surface area is 117 Å². The first kappa shape index (κ1) is 15.5. The number of amides is 1. The smallest absolute Gasteiger partial charge is 0.219 e. The van der Waals surface area contributed by atoms with E-state index in [0.29, 0.717) is 0 Å². The van der Waals surface area contributed by atoms with Crippen molar-refractivity contribution in [3.63, 3.8) is 0 Å². The van der Waals surface area contributed by atoms with Gasteiger partial charge in [0.05, 0.1) is 0 Å². The van der Waals surface area contributed by atoms with Crippen LogP contribution in [0.4, 0.5) is 5.69 Å². The second kappa shape index (κ2) is 7.17. The summed E-state index contributed by atoms with van der Waals surface area (Å²) in [5, 5.41) is 0. The first-order valence-corrected chi connectivity index (χ1v) is 7.15. The summed E-state index contributed by atoms with van der Waals surface area (Å²) in [7, 11) is 0. The number of benzene rings is 1. The molecule has 3 nitrogen and oxygen atoms in total. The first-order chi connectivity index (χ1) is 9.06.